The van der Waals surface area contributed by atoms with Gasteiger partial charge in [-0.05, 0) is 19.3 Å². The van der Waals surface area contributed by atoms with Crippen LogP contribution < -0.4 is 0 Å². The molecule has 0 saturated carbocycles. The van der Waals surface area contributed by atoms with Crippen molar-refractivity contribution >= 4 is 11.9 Å². The molecule has 0 unspecified atom stereocenters. The molecule has 0 rings (SSSR count). The first kappa shape index (κ1) is 23.1. The van der Waals surface area contributed by atoms with Crippen LogP contribution in [-0.4, -0.2) is 51.9 Å². The fourth-order valence-electron chi connectivity index (χ4n) is 1.20. The number of aliphatic hydroxyl groups is 3. The topological polar surface area (TPSA) is 124 Å². The van der Waals surface area contributed by atoms with E-state index in [1.807, 2.05) is 6.92 Å². The lowest BCUT2D eigenvalue weighted by Crippen LogP contribution is -2.25. The molecule has 7 nitrogen and oxygen atoms in total. The van der Waals surface area contributed by atoms with Gasteiger partial charge in [0.2, 0.25) is 0 Å². The molecule has 0 aromatic heterocycles. The van der Waals surface area contributed by atoms with Crippen LogP contribution in [0.4, 0.5) is 0 Å². The SMILES string of the molecule is CC(C)(CO)COC(=O)CCCCC(=O)O.CCCC(O)O. The maximum atomic E-state index is 11.2. The molecule has 0 radical (unpaired) electrons. The van der Waals surface area contributed by atoms with Gasteiger partial charge in [0.15, 0.2) is 6.29 Å². The van der Waals surface area contributed by atoms with E-state index in [1.165, 1.54) is 0 Å². The molecule has 0 aliphatic rings. The van der Waals surface area contributed by atoms with E-state index in [0.717, 1.165) is 6.42 Å². The van der Waals surface area contributed by atoms with E-state index in [9.17, 15) is 9.59 Å². The van der Waals surface area contributed by atoms with Gasteiger partial charge in [-0.3, -0.25) is 9.59 Å². The number of rotatable bonds is 10. The Bertz CT molecular complexity index is 300. The van der Waals surface area contributed by atoms with Crippen LogP contribution in [0, 0.1) is 5.41 Å². The molecule has 7 heteroatoms. The first-order chi connectivity index (χ1) is 10.1. The quantitative estimate of drug-likeness (QED) is 0.271. The van der Waals surface area contributed by atoms with Crippen LogP contribution in [0.1, 0.15) is 59.3 Å². The van der Waals surface area contributed by atoms with Crippen LogP contribution >= 0.6 is 0 Å². The van der Waals surface area contributed by atoms with Crippen molar-refractivity contribution in [1.82, 2.24) is 0 Å². The molecular weight excluding hydrogens is 292 g/mol. The van der Waals surface area contributed by atoms with Crippen molar-refractivity contribution in [2.75, 3.05) is 13.2 Å². The van der Waals surface area contributed by atoms with E-state index in [-0.39, 0.29) is 32.0 Å². The Balaban J connectivity index is 0. The van der Waals surface area contributed by atoms with Gasteiger partial charge in [0.25, 0.3) is 0 Å². The predicted octanol–water partition coefficient (Wildman–Crippen LogP) is 1.29. The molecule has 0 saturated heterocycles. The van der Waals surface area contributed by atoms with E-state index in [2.05, 4.69) is 0 Å². The molecule has 4 N–H and O–H groups in total. The second-order valence-corrected chi connectivity index (χ2v) is 5.85. The number of carboxylic acid groups (broad SMARTS) is 1. The Morgan fingerprint density at radius 3 is 2.05 bits per heavy atom. The van der Waals surface area contributed by atoms with Crippen molar-refractivity contribution in [1.29, 1.82) is 0 Å². The van der Waals surface area contributed by atoms with Crippen molar-refractivity contribution in [3.63, 3.8) is 0 Å². The molecular formula is C15H30O7. The minimum absolute atomic E-state index is 0.0424. The lowest BCUT2D eigenvalue weighted by atomic mass is 9.97. The Kier molecular flexibility index (Phi) is 14.1. The molecule has 0 spiro atoms. The fourth-order valence-corrected chi connectivity index (χ4v) is 1.20. The van der Waals surface area contributed by atoms with Crippen LogP contribution in [0.15, 0.2) is 0 Å². The summed E-state index contributed by atoms with van der Waals surface area (Å²) >= 11 is 0. The normalized spacial score (nSPS) is 10.9. The molecule has 0 atom stereocenters. The lowest BCUT2D eigenvalue weighted by Gasteiger charge is -2.20. The highest BCUT2D eigenvalue weighted by atomic mass is 16.5. The van der Waals surface area contributed by atoms with Crippen molar-refractivity contribution in [2.45, 2.75) is 65.6 Å². The molecule has 22 heavy (non-hydrogen) atoms. The van der Waals surface area contributed by atoms with Crippen LogP contribution in [0.3, 0.4) is 0 Å². The maximum absolute atomic E-state index is 11.2. The third-order valence-corrected chi connectivity index (χ3v) is 2.62. The van der Waals surface area contributed by atoms with Crippen molar-refractivity contribution in [3.05, 3.63) is 0 Å². The van der Waals surface area contributed by atoms with Crippen molar-refractivity contribution in [3.8, 4) is 0 Å². The first-order valence-electron chi connectivity index (χ1n) is 7.49. The fraction of sp³-hybridized carbons (Fsp3) is 0.867. The van der Waals surface area contributed by atoms with Crippen LogP contribution in [0.2, 0.25) is 0 Å². The summed E-state index contributed by atoms with van der Waals surface area (Å²) in [6.07, 6.45) is 1.52. The zero-order chi connectivity index (χ0) is 17.6. The van der Waals surface area contributed by atoms with E-state index >= 15 is 0 Å². The standard InChI is InChI=1S/C11H20O5.C4H10O2/c1-11(2,7-12)8-16-10(15)6-4-3-5-9(13)14;1-2-3-4(5)6/h12H,3-8H2,1-2H3,(H,13,14);4-6H,2-3H2,1H3. The van der Waals surface area contributed by atoms with Crippen LogP contribution in [-0.2, 0) is 14.3 Å². The van der Waals surface area contributed by atoms with Crippen LogP contribution in [0.25, 0.3) is 0 Å². The second kappa shape index (κ2) is 13.5. The highest BCUT2D eigenvalue weighted by Gasteiger charge is 2.18. The second-order valence-electron chi connectivity index (χ2n) is 5.85. The Labute approximate surface area is 131 Å². The molecule has 0 aromatic carbocycles. The Morgan fingerprint density at radius 2 is 1.68 bits per heavy atom. The molecule has 0 bridgehead atoms. The Hall–Kier alpha value is -1.18. The summed E-state index contributed by atoms with van der Waals surface area (Å²) in [5, 5.41) is 33.5. The third kappa shape index (κ3) is 18.8. The zero-order valence-electron chi connectivity index (χ0n) is 13.7. The highest BCUT2D eigenvalue weighted by molar-refractivity contribution is 5.69. The summed E-state index contributed by atoms with van der Waals surface area (Å²) in [5.41, 5.74) is -0.420. The van der Waals surface area contributed by atoms with Gasteiger partial charge in [-0.25, -0.2) is 0 Å². The van der Waals surface area contributed by atoms with E-state index in [1.54, 1.807) is 13.8 Å². The number of unbranched alkanes of at least 4 members (excludes halogenated alkanes) is 1. The highest BCUT2D eigenvalue weighted by Crippen LogP contribution is 2.14. The van der Waals surface area contributed by atoms with Gasteiger partial charge < -0.3 is 25.2 Å². The van der Waals surface area contributed by atoms with Gasteiger partial charge in [-0.15, -0.1) is 0 Å². The third-order valence-electron chi connectivity index (χ3n) is 2.62. The Morgan fingerprint density at radius 1 is 1.14 bits per heavy atom. The number of carbonyl (C=O) groups is 2. The average molecular weight is 322 g/mol. The molecule has 0 aliphatic carbocycles. The lowest BCUT2D eigenvalue weighted by molar-refractivity contribution is -0.148. The van der Waals surface area contributed by atoms with Crippen LogP contribution in [0.5, 0.6) is 0 Å². The van der Waals surface area contributed by atoms with E-state index in [4.69, 9.17) is 25.2 Å². The molecule has 0 aromatic rings. The number of ether oxygens (including phenoxy) is 1. The minimum atomic E-state index is -1.10. The van der Waals surface area contributed by atoms with E-state index < -0.39 is 17.7 Å². The smallest absolute Gasteiger partial charge is 0.305 e. The number of esters is 1. The van der Waals surface area contributed by atoms with Gasteiger partial charge in [0.05, 0.1) is 13.2 Å². The predicted molar refractivity (Wildman–Crippen MR) is 81.1 cm³/mol. The number of aliphatic hydroxyl groups excluding tert-OH is 2. The monoisotopic (exact) mass is 322 g/mol. The number of hydrogen-bond acceptors (Lipinski definition) is 6. The summed E-state index contributed by atoms with van der Waals surface area (Å²) in [4.78, 5) is 21.4. The average Bonchev–Trinajstić information content (AvgIpc) is 2.42. The number of aliphatic carboxylic acids is 1. The van der Waals surface area contributed by atoms with Gasteiger partial charge in [0.1, 0.15) is 0 Å². The van der Waals surface area contributed by atoms with Gasteiger partial charge in [-0.2, -0.15) is 0 Å². The summed E-state index contributed by atoms with van der Waals surface area (Å²) in [7, 11) is 0. The van der Waals surface area contributed by atoms with Gasteiger partial charge in [-0.1, -0.05) is 27.2 Å². The van der Waals surface area contributed by atoms with Gasteiger partial charge >= 0.3 is 11.9 Å². The summed E-state index contributed by atoms with van der Waals surface area (Å²) in [5.74, 6) is -1.19. The van der Waals surface area contributed by atoms with Crippen molar-refractivity contribution < 1.29 is 34.8 Å². The zero-order valence-corrected chi connectivity index (χ0v) is 13.7. The largest absolute Gasteiger partial charge is 0.481 e. The molecule has 0 heterocycles. The minimum Gasteiger partial charge on any atom is -0.481 e. The first-order valence-corrected chi connectivity index (χ1v) is 7.49. The summed E-state index contributed by atoms with van der Waals surface area (Å²) in [6.45, 7) is 5.63. The molecule has 132 valence electrons. The molecule has 0 amide bonds. The number of carbonyl (C=O) groups excluding carboxylic acids is 1. The summed E-state index contributed by atoms with van der Waals surface area (Å²) < 4.78 is 4.96. The maximum Gasteiger partial charge on any atom is 0.305 e. The van der Waals surface area contributed by atoms with Crippen molar-refractivity contribution in [2.24, 2.45) is 5.41 Å². The summed E-state index contributed by atoms with van der Waals surface area (Å²) in [6, 6.07) is 0. The molecule has 0 aliphatic heterocycles. The van der Waals surface area contributed by atoms with E-state index in [0.29, 0.717) is 19.3 Å². The number of carboxylic acids is 1. The molecule has 0 fully saturated rings. The number of hydrogen-bond donors (Lipinski definition) is 4. The van der Waals surface area contributed by atoms with Gasteiger partial charge in [0, 0.05) is 18.3 Å².